The SMILES string of the molecule is COC(=O)c1ccccc1NC(=O)CCN(C(C)=O)c1ccc(OC)cc1. The lowest BCUT2D eigenvalue weighted by molar-refractivity contribution is -0.117. The summed E-state index contributed by atoms with van der Waals surface area (Å²) in [5.74, 6) is -0.344. The maximum atomic E-state index is 12.3. The van der Waals surface area contributed by atoms with Crippen molar-refractivity contribution in [1.82, 2.24) is 0 Å². The number of carbonyl (C=O) groups is 3. The van der Waals surface area contributed by atoms with Gasteiger partial charge in [0.25, 0.3) is 0 Å². The third kappa shape index (κ3) is 5.31. The van der Waals surface area contributed by atoms with Gasteiger partial charge in [0.1, 0.15) is 5.75 Å². The molecule has 0 atom stereocenters. The van der Waals surface area contributed by atoms with Gasteiger partial charge in [-0.1, -0.05) is 12.1 Å². The van der Waals surface area contributed by atoms with Crippen LogP contribution in [0.5, 0.6) is 5.75 Å². The molecule has 0 aliphatic rings. The Balaban J connectivity index is 2.04. The summed E-state index contributed by atoms with van der Waals surface area (Å²) in [6, 6.07) is 13.6. The van der Waals surface area contributed by atoms with Crippen LogP contribution < -0.4 is 15.0 Å². The number of methoxy groups -OCH3 is 2. The van der Waals surface area contributed by atoms with E-state index in [1.54, 1.807) is 55.6 Å². The first-order chi connectivity index (χ1) is 13.0. The Kier molecular flexibility index (Phi) is 6.93. The van der Waals surface area contributed by atoms with Crippen LogP contribution in [0.3, 0.4) is 0 Å². The van der Waals surface area contributed by atoms with E-state index in [2.05, 4.69) is 5.32 Å². The average Bonchev–Trinajstić information content (AvgIpc) is 2.68. The fourth-order valence-electron chi connectivity index (χ4n) is 2.54. The lowest BCUT2D eigenvalue weighted by atomic mass is 10.1. The molecule has 0 saturated carbocycles. The van der Waals surface area contributed by atoms with Gasteiger partial charge in [0.05, 0.1) is 25.5 Å². The number of anilines is 2. The van der Waals surface area contributed by atoms with E-state index in [0.29, 0.717) is 17.1 Å². The Morgan fingerprint density at radius 2 is 1.67 bits per heavy atom. The summed E-state index contributed by atoms with van der Waals surface area (Å²) in [4.78, 5) is 37.5. The number of benzene rings is 2. The predicted molar refractivity (Wildman–Crippen MR) is 102 cm³/mol. The van der Waals surface area contributed by atoms with Crippen molar-refractivity contribution in [3.8, 4) is 5.75 Å². The first-order valence-corrected chi connectivity index (χ1v) is 8.35. The van der Waals surface area contributed by atoms with Crippen molar-refractivity contribution in [2.24, 2.45) is 0 Å². The number of amides is 2. The molecule has 1 N–H and O–H groups in total. The highest BCUT2D eigenvalue weighted by Crippen LogP contribution is 2.20. The fourth-order valence-corrected chi connectivity index (χ4v) is 2.54. The fraction of sp³-hybridized carbons (Fsp3) is 0.250. The minimum absolute atomic E-state index is 0.0706. The second-order valence-corrected chi connectivity index (χ2v) is 5.70. The molecule has 0 aliphatic heterocycles. The Morgan fingerprint density at radius 1 is 1.00 bits per heavy atom. The van der Waals surface area contributed by atoms with Crippen LogP contribution >= 0.6 is 0 Å². The first-order valence-electron chi connectivity index (χ1n) is 8.35. The number of hydrogen-bond donors (Lipinski definition) is 1. The summed E-state index contributed by atoms with van der Waals surface area (Å²) in [5, 5.41) is 2.69. The number of nitrogens with one attached hydrogen (secondary N) is 1. The van der Waals surface area contributed by atoms with E-state index in [1.807, 2.05) is 0 Å². The first kappa shape index (κ1) is 20.0. The zero-order valence-corrected chi connectivity index (χ0v) is 15.5. The van der Waals surface area contributed by atoms with E-state index >= 15 is 0 Å². The summed E-state index contributed by atoms with van der Waals surface area (Å²) < 4.78 is 9.82. The largest absolute Gasteiger partial charge is 0.497 e. The van der Waals surface area contributed by atoms with Crippen molar-refractivity contribution in [1.29, 1.82) is 0 Å². The van der Waals surface area contributed by atoms with Gasteiger partial charge in [0, 0.05) is 25.6 Å². The maximum absolute atomic E-state index is 12.3. The minimum Gasteiger partial charge on any atom is -0.497 e. The van der Waals surface area contributed by atoms with E-state index in [1.165, 1.54) is 18.9 Å². The van der Waals surface area contributed by atoms with Crippen molar-refractivity contribution in [2.75, 3.05) is 31.0 Å². The van der Waals surface area contributed by atoms with Crippen LogP contribution in [-0.2, 0) is 14.3 Å². The average molecular weight is 370 g/mol. The molecule has 27 heavy (non-hydrogen) atoms. The maximum Gasteiger partial charge on any atom is 0.339 e. The van der Waals surface area contributed by atoms with Crippen molar-refractivity contribution in [3.05, 3.63) is 54.1 Å². The van der Waals surface area contributed by atoms with Gasteiger partial charge in [0.2, 0.25) is 11.8 Å². The van der Waals surface area contributed by atoms with Gasteiger partial charge in [-0.2, -0.15) is 0 Å². The Labute approximate surface area is 157 Å². The van der Waals surface area contributed by atoms with Crippen LogP contribution in [0.4, 0.5) is 11.4 Å². The van der Waals surface area contributed by atoms with Crippen molar-refractivity contribution >= 4 is 29.2 Å². The molecule has 0 fully saturated rings. The summed E-state index contributed by atoms with van der Waals surface area (Å²) in [6.45, 7) is 1.64. The molecule has 2 amide bonds. The highest BCUT2D eigenvalue weighted by Gasteiger charge is 2.16. The van der Waals surface area contributed by atoms with Crippen LogP contribution in [0.25, 0.3) is 0 Å². The zero-order valence-electron chi connectivity index (χ0n) is 15.5. The molecule has 0 unspecified atom stereocenters. The van der Waals surface area contributed by atoms with Gasteiger partial charge in [-0.05, 0) is 36.4 Å². The summed E-state index contributed by atoms with van der Waals surface area (Å²) in [5.41, 5.74) is 1.31. The van der Waals surface area contributed by atoms with E-state index in [9.17, 15) is 14.4 Å². The summed E-state index contributed by atoms with van der Waals surface area (Å²) in [7, 11) is 2.84. The van der Waals surface area contributed by atoms with Crippen LogP contribution in [0.1, 0.15) is 23.7 Å². The molecule has 0 spiro atoms. The van der Waals surface area contributed by atoms with Gasteiger partial charge in [0.15, 0.2) is 0 Å². The molecule has 0 bridgehead atoms. The molecule has 0 aliphatic carbocycles. The topological polar surface area (TPSA) is 84.9 Å². The number of rotatable bonds is 7. The van der Waals surface area contributed by atoms with Gasteiger partial charge in [-0.15, -0.1) is 0 Å². The molecule has 142 valence electrons. The Morgan fingerprint density at radius 3 is 2.26 bits per heavy atom. The second kappa shape index (κ2) is 9.38. The number of carbonyl (C=O) groups excluding carboxylic acids is 3. The molecular weight excluding hydrogens is 348 g/mol. The molecule has 0 heterocycles. The second-order valence-electron chi connectivity index (χ2n) is 5.70. The summed E-state index contributed by atoms with van der Waals surface area (Å²) >= 11 is 0. The molecule has 2 aromatic rings. The number of nitrogens with zero attached hydrogens (tertiary/aromatic N) is 1. The highest BCUT2D eigenvalue weighted by molar-refractivity contribution is 6.01. The van der Waals surface area contributed by atoms with Gasteiger partial charge < -0.3 is 19.7 Å². The van der Waals surface area contributed by atoms with Crippen LogP contribution in [0, 0.1) is 0 Å². The molecule has 0 saturated heterocycles. The van der Waals surface area contributed by atoms with E-state index in [0.717, 1.165) is 0 Å². The number of ether oxygens (including phenoxy) is 2. The van der Waals surface area contributed by atoms with Crippen molar-refractivity contribution in [2.45, 2.75) is 13.3 Å². The molecule has 7 nitrogen and oxygen atoms in total. The molecule has 0 aromatic heterocycles. The molecule has 2 rings (SSSR count). The lowest BCUT2D eigenvalue weighted by Crippen LogP contribution is -2.32. The molecule has 0 radical (unpaired) electrons. The van der Waals surface area contributed by atoms with Crippen LogP contribution in [0.15, 0.2) is 48.5 Å². The van der Waals surface area contributed by atoms with Crippen molar-refractivity contribution < 1.29 is 23.9 Å². The van der Waals surface area contributed by atoms with Gasteiger partial charge in [-0.25, -0.2) is 4.79 Å². The van der Waals surface area contributed by atoms with Gasteiger partial charge >= 0.3 is 5.97 Å². The highest BCUT2D eigenvalue weighted by atomic mass is 16.5. The Bertz CT molecular complexity index is 817. The number of esters is 1. The molecule has 7 heteroatoms. The van der Waals surface area contributed by atoms with Crippen LogP contribution in [-0.4, -0.2) is 38.5 Å². The lowest BCUT2D eigenvalue weighted by Gasteiger charge is -2.21. The Hall–Kier alpha value is -3.35. The smallest absolute Gasteiger partial charge is 0.339 e. The van der Waals surface area contributed by atoms with E-state index in [4.69, 9.17) is 9.47 Å². The van der Waals surface area contributed by atoms with Gasteiger partial charge in [-0.3, -0.25) is 9.59 Å². The van der Waals surface area contributed by atoms with E-state index in [-0.39, 0.29) is 30.3 Å². The standard InChI is InChI=1S/C20H22N2O5/c1-14(23)22(15-8-10-16(26-2)11-9-15)13-12-19(24)21-18-7-5-4-6-17(18)20(25)27-3/h4-11H,12-13H2,1-3H3,(H,21,24). The van der Waals surface area contributed by atoms with E-state index < -0.39 is 5.97 Å². The third-order valence-electron chi connectivity index (χ3n) is 3.93. The minimum atomic E-state index is -0.533. The normalized spacial score (nSPS) is 10.0. The molecular formula is C20H22N2O5. The van der Waals surface area contributed by atoms with Crippen molar-refractivity contribution in [3.63, 3.8) is 0 Å². The zero-order chi connectivity index (χ0) is 19.8. The van der Waals surface area contributed by atoms with Crippen LogP contribution in [0.2, 0.25) is 0 Å². The monoisotopic (exact) mass is 370 g/mol. The number of hydrogen-bond acceptors (Lipinski definition) is 5. The predicted octanol–water partition coefficient (Wildman–Crippen LogP) is 2.86. The molecule has 2 aromatic carbocycles. The summed E-state index contributed by atoms with van der Waals surface area (Å²) in [6.07, 6.45) is 0.0706. The third-order valence-corrected chi connectivity index (χ3v) is 3.93. The quantitative estimate of drug-likeness (QED) is 0.758. The number of para-hydroxylation sites is 1.